The Morgan fingerprint density at radius 2 is 1.86 bits per heavy atom. The monoisotopic (exact) mass is 469 g/mol. The lowest BCUT2D eigenvalue weighted by Crippen LogP contribution is -2.29. The molecule has 1 aromatic heterocycles. The number of nitrogens with zero attached hydrogens (tertiary/aromatic N) is 1. The van der Waals surface area contributed by atoms with Gasteiger partial charge in [-0.05, 0) is 32.0 Å². The van der Waals surface area contributed by atoms with Gasteiger partial charge >= 0.3 is 12.1 Å². The van der Waals surface area contributed by atoms with E-state index < -0.39 is 23.6 Å². The molecule has 2 aromatic rings. The molecular weight excluding hydrogens is 454 g/mol. The molecular formula is C16H16BrF4N3O4. The number of nitrogens with two attached hydrogens (primary N) is 1. The van der Waals surface area contributed by atoms with Gasteiger partial charge in [0, 0.05) is 22.6 Å². The summed E-state index contributed by atoms with van der Waals surface area (Å²) in [4.78, 5) is 20.8. The summed E-state index contributed by atoms with van der Waals surface area (Å²) in [5.74, 6) is -3.58. The van der Waals surface area contributed by atoms with Crippen LogP contribution in [0.2, 0.25) is 0 Å². The lowest BCUT2D eigenvalue weighted by atomic mass is 10.0. The highest BCUT2D eigenvalue weighted by molar-refractivity contribution is 9.10. The SMILES string of the molecule is CC(C)(N)c1cc(C(=O)NCc2cc(Br)ccc2F)on1.O=C(O)C(F)(F)F. The van der Waals surface area contributed by atoms with E-state index in [1.165, 1.54) is 12.1 Å². The fourth-order valence-electron chi connectivity index (χ4n) is 1.63. The van der Waals surface area contributed by atoms with Crippen LogP contribution < -0.4 is 11.1 Å². The van der Waals surface area contributed by atoms with Gasteiger partial charge in [-0.25, -0.2) is 9.18 Å². The van der Waals surface area contributed by atoms with E-state index in [0.29, 0.717) is 11.3 Å². The third-order valence-corrected chi connectivity index (χ3v) is 3.58. The van der Waals surface area contributed by atoms with E-state index in [4.69, 9.17) is 20.2 Å². The van der Waals surface area contributed by atoms with Crippen molar-refractivity contribution in [2.75, 3.05) is 0 Å². The van der Waals surface area contributed by atoms with Crippen LogP contribution in [0.25, 0.3) is 0 Å². The number of amides is 1. The molecule has 0 saturated heterocycles. The molecule has 0 aliphatic carbocycles. The summed E-state index contributed by atoms with van der Waals surface area (Å²) >= 11 is 3.25. The Morgan fingerprint density at radius 1 is 1.29 bits per heavy atom. The number of hydrogen-bond donors (Lipinski definition) is 3. The molecule has 154 valence electrons. The average molecular weight is 470 g/mol. The van der Waals surface area contributed by atoms with E-state index in [0.717, 1.165) is 4.47 Å². The van der Waals surface area contributed by atoms with E-state index in [-0.39, 0.29) is 18.1 Å². The zero-order chi connectivity index (χ0) is 21.7. The first-order valence-corrected chi connectivity index (χ1v) is 8.29. The second-order valence-corrected chi connectivity index (χ2v) is 6.94. The number of rotatable bonds is 4. The molecule has 28 heavy (non-hydrogen) atoms. The number of aliphatic carboxylic acids is 1. The van der Waals surface area contributed by atoms with Crippen LogP contribution in [0.5, 0.6) is 0 Å². The second-order valence-electron chi connectivity index (χ2n) is 6.02. The van der Waals surface area contributed by atoms with Crippen molar-refractivity contribution in [3.05, 3.63) is 51.6 Å². The summed E-state index contributed by atoms with van der Waals surface area (Å²) < 4.78 is 51.0. The van der Waals surface area contributed by atoms with Gasteiger partial charge < -0.3 is 20.7 Å². The number of carbonyl (C=O) groups excluding carboxylic acids is 1. The van der Waals surface area contributed by atoms with Gasteiger partial charge in [-0.1, -0.05) is 21.1 Å². The van der Waals surface area contributed by atoms with Crippen LogP contribution in [0.15, 0.2) is 33.3 Å². The lowest BCUT2D eigenvalue weighted by Gasteiger charge is -2.12. The minimum absolute atomic E-state index is 0.0407. The molecule has 0 aliphatic heterocycles. The second kappa shape index (κ2) is 9.15. The van der Waals surface area contributed by atoms with Gasteiger partial charge in [-0.2, -0.15) is 13.2 Å². The highest BCUT2D eigenvalue weighted by Crippen LogP contribution is 2.18. The quantitative estimate of drug-likeness (QED) is 0.591. The number of benzene rings is 1. The summed E-state index contributed by atoms with van der Waals surface area (Å²) in [6.45, 7) is 3.55. The summed E-state index contributed by atoms with van der Waals surface area (Å²) in [6.07, 6.45) is -5.08. The lowest BCUT2D eigenvalue weighted by molar-refractivity contribution is -0.192. The molecule has 0 bridgehead atoms. The number of carboxylic acid groups (broad SMARTS) is 1. The Bertz CT molecular complexity index is 847. The maximum absolute atomic E-state index is 13.6. The van der Waals surface area contributed by atoms with E-state index in [1.54, 1.807) is 26.0 Å². The Balaban J connectivity index is 0.000000480. The van der Waals surface area contributed by atoms with E-state index in [1.807, 2.05) is 0 Å². The Labute approximate surface area is 165 Å². The molecule has 0 saturated carbocycles. The van der Waals surface area contributed by atoms with Crippen molar-refractivity contribution in [2.24, 2.45) is 5.73 Å². The molecule has 0 fully saturated rings. The summed E-state index contributed by atoms with van der Waals surface area (Å²) in [6, 6.07) is 6.00. The smallest absolute Gasteiger partial charge is 0.475 e. The normalized spacial score (nSPS) is 11.4. The fourth-order valence-corrected chi connectivity index (χ4v) is 2.04. The first kappa shape index (κ1) is 23.6. The highest BCUT2D eigenvalue weighted by atomic mass is 79.9. The maximum Gasteiger partial charge on any atom is 0.490 e. The van der Waals surface area contributed by atoms with Crippen molar-refractivity contribution >= 4 is 27.8 Å². The van der Waals surface area contributed by atoms with Gasteiger partial charge in [0.15, 0.2) is 0 Å². The van der Waals surface area contributed by atoms with Gasteiger partial charge in [0.05, 0.1) is 5.54 Å². The minimum Gasteiger partial charge on any atom is -0.475 e. The maximum atomic E-state index is 13.6. The van der Waals surface area contributed by atoms with Crippen LogP contribution in [-0.2, 0) is 16.9 Å². The van der Waals surface area contributed by atoms with Crippen molar-refractivity contribution in [1.29, 1.82) is 0 Å². The van der Waals surface area contributed by atoms with Crippen LogP contribution in [0.1, 0.15) is 35.7 Å². The largest absolute Gasteiger partial charge is 0.490 e. The third-order valence-electron chi connectivity index (χ3n) is 3.08. The molecule has 1 aromatic carbocycles. The molecule has 0 spiro atoms. The van der Waals surface area contributed by atoms with Gasteiger partial charge in [0.25, 0.3) is 5.91 Å². The molecule has 12 heteroatoms. The van der Waals surface area contributed by atoms with Crippen molar-refractivity contribution in [1.82, 2.24) is 10.5 Å². The molecule has 7 nitrogen and oxygen atoms in total. The number of nitrogens with one attached hydrogen (secondary N) is 1. The zero-order valence-corrected chi connectivity index (χ0v) is 16.2. The van der Waals surface area contributed by atoms with E-state index in [2.05, 4.69) is 26.4 Å². The van der Waals surface area contributed by atoms with E-state index in [9.17, 15) is 22.4 Å². The highest BCUT2D eigenvalue weighted by Gasteiger charge is 2.38. The third kappa shape index (κ3) is 7.27. The van der Waals surface area contributed by atoms with Gasteiger partial charge in [0.2, 0.25) is 5.76 Å². The fraction of sp³-hybridized carbons (Fsp3) is 0.312. The molecule has 1 amide bonds. The minimum atomic E-state index is -5.08. The number of halogens is 5. The summed E-state index contributed by atoms with van der Waals surface area (Å²) in [5, 5.41) is 13.5. The summed E-state index contributed by atoms with van der Waals surface area (Å²) in [7, 11) is 0. The Morgan fingerprint density at radius 3 is 2.32 bits per heavy atom. The van der Waals surface area contributed by atoms with Crippen molar-refractivity contribution in [3.63, 3.8) is 0 Å². The first-order valence-electron chi connectivity index (χ1n) is 7.50. The van der Waals surface area contributed by atoms with Crippen LogP contribution >= 0.6 is 15.9 Å². The predicted octanol–water partition coefficient (Wildman–Crippen LogP) is 3.33. The standard InChI is InChI=1S/C14H15BrFN3O2.C2HF3O2/c1-14(2,17)12-6-11(21-19-12)13(20)18-7-8-5-9(15)3-4-10(8)16;3-2(4,5)1(6)7/h3-6H,7,17H2,1-2H3,(H,18,20);(H,6,7). The number of aromatic nitrogens is 1. The molecule has 0 atom stereocenters. The predicted molar refractivity (Wildman–Crippen MR) is 92.7 cm³/mol. The number of carbonyl (C=O) groups is 2. The molecule has 0 unspecified atom stereocenters. The van der Waals surface area contributed by atoms with Crippen molar-refractivity contribution in [3.8, 4) is 0 Å². The molecule has 1 heterocycles. The average Bonchev–Trinajstić information content (AvgIpc) is 3.05. The molecule has 2 rings (SSSR count). The van der Waals surface area contributed by atoms with Crippen LogP contribution in [0.4, 0.5) is 17.6 Å². The zero-order valence-electron chi connectivity index (χ0n) is 14.6. The van der Waals surface area contributed by atoms with Crippen molar-refractivity contribution < 1.29 is 36.8 Å². The van der Waals surface area contributed by atoms with Crippen molar-refractivity contribution in [2.45, 2.75) is 32.1 Å². The van der Waals surface area contributed by atoms with Gasteiger partial charge in [0.1, 0.15) is 11.5 Å². The number of hydrogen-bond acceptors (Lipinski definition) is 5. The van der Waals surface area contributed by atoms with Gasteiger partial charge in [-0.3, -0.25) is 4.79 Å². The van der Waals surface area contributed by atoms with Gasteiger partial charge in [-0.15, -0.1) is 0 Å². The Hall–Kier alpha value is -2.47. The first-order chi connectivity index (χ1) is 12.7. The summed E-state index contributed by atoms with van der Waals surface area (Å²) in [5.41, 5.74) is 6.01. The van der Waals surface area contributed by atoms with Crippen LogP contribution in [0, 0.1) is 5.82 Å². The van der Waals surface area contributed by atoms with Crippen LogP contribution in [-0.4, -0.2) is 28.3 Å². The molecule has 0 radical (unpaired) electrons. The molecule has 4 N–H and O–H groups in total. The number of alkyl halides is 3. The topological polar surface area (TPSA) is 118 Å². The molecule has 0 aliphatic rings. The van der Waals surface area contributed by atoms with Crippen LogP contribution in [0.3, 0.4) is 0 Å². The number of carboxylic acids is 1. The van der Waals surface area contributed by atoms with E-state index >= 15 is 0 Å². The Kier molecular flexibility index (Phi) is 7.70.